The van der Waals surface area contributed by atoms with Crippen molar-refractivity contribution in [2.45, 2.75) is 0 Å². The van der Waals surface area contributed by atoms with Gasteiger partial charge in [-0.25, -0.2) is 13.8 Å². The van der Waals surface area contributed by atoms with E-state index in [-0.39, 0.29) is 18.2 Å². The molecular weight excluding hydrogens is 416 g/mol. The van der Waals surface area contributed by atoms with Gasteiger partial charge in [-0.05, 0) is 42.5 Å². The van der Waals surface area contributed by atoms with Crippen LogP contribution in [0.3, 0.4) is 0 Å². The molecule has 0 aliphatic carbocycles. The summed E-state index contributed by atoms with van der Waals surface area (Å²) in [6.45, 7) is 3.67. The molecule has 162 valence electrons. The molecule has 2 heterocycles. The number of anilines is 4. The molecule has 0 spiro atoms. The van der Waals surface area contributed by atoms with Crippen LogP contribution in [0.1, 0.15) is 5.56 Å². The van der Waals surface area contributed by atoms with Gasteiger partial charge in [0.2, 0.25) is 11.9 Å². The first kappa shape index (κ1) is 21.0. The van der Waals surface area contributed by atoms with Crippen molar-refractivity contribution in [3.05, 3.63) is 84.3 Å². The molecule has 2 N–H and O–H groups in total. The van der Waals surface area contributed by atoms with Crippen molar-refractivity contribution >= 4 is 35.1 Å². The van der Waals surface area contributed by atoms with Gasteiger partial charge in [0.15, 0.2) is 11.6 Å². The van der Waals surface area contributed by atoms with Crippen molar-refractivity contribution in [2.75, 3.05) is 29.1 Å². The number of fused-ring (bicyclic) bond motifs is 1. The maximum Gasteiger partial charge on any atom is 0.247 e. The van der Waals surface area contributed by atoms with Crippen molar-refractivity contribution in [3.63, 3.8) is 0 Å². The van der Waals surface area contributed by atoms with Gasteiger partial charge in [0.25, 0.3) is 0 Å². The van der Waals surface area contributed by atoms with Gasteiger partial charge in [-0.2, -0.15) is 4.98 Å². The lowest BCUT2D eigenvalue weighted by Gasteiger charge is -2.30. The van der Waals surface area contributed by atoms with Crippen molar-refractivity contribution < 1.29 is 18.3 Å². The third-order valence-electron chi connectivity index (χ3n) is 4.65. The molecule has 1 amide bonds. The normalized spacial score (nSPS) is 12.5. The zero-order valence-corrected chi connectivity index (χ0v) is 17.1. The van der Waals surface area contributed by atoms with Crippen LogP contribution in [0.5, 0.6) is 5.75 Å². The number of rotatable bonds is 6. The second kappa shape index (κ2) is 8.84. The highest BCUT2D eigenvalue weighted by Gasteiger charge is 2.24. The number of amides is 1. The molecule has 7 nitrogen and oxygen atoms in total. The van der Waals surface area contributed by atoms with Gasteiger partial charge in [0.1, 0.15) is 17.4 Å². The highest BCUT2D eigenvalue weighted by molar-refractivity contribution is 5.99. The Hall–Kier alpha value is -4.27. The number of benzene rings is 2. The molecule has 32 heavy (non-hydrogen) atoms. The van der Waals surface area contributed by atoms with Gasteiger partial charge in [0.05, 0.1) is 6.54 Å². The topological polar surface area (TPSA) is 79.4 Å². The molecule has 1 aliphatic heterocycles. The summed E-state index contributed by atoms with van der Waals surface area (Å²) < 4.78 is 33.1. The smallest absolute Gasteiger partial charge is 0.247 e. The van der Waals surface area contributed by atoms with Gasteiger partial charge in [0, 0.05) is 36.2 Å². The van der Waals surface area contributed by atoms with E-state index in [1.807, 2.05) is 11.0 Å². The van der Waals surface area contributed by atoms with Crippen LogP contribution in [0, 0.1) is 11.6 Å². The molecule has 4 rings (SSSR count). The Morgan fingerprint density at radius 2 is 2.09 bits per heavy atom. The van der Waals surface area contributed by atoms with E-state index in [1.165, 1.54) is 12.1 Å². The zero-order chi connectivity index (χ0) is 22.7. The first-order valence-electron chi connectivity index (χ1n) is 9.66. The van der Waals surface area contributed by atoms with E-state index in [9.17, 15) is 13.6 Å². The van der Waals surface area contributed by atoms with Crippen molar-refractivity contribution in [2.24, 2.45) is 0 Å². The number of aromatic nitrogens is 2. The number of carbonyl (C=O) groups is 1. The largest absolute Gasteiger partial charge is 0.457 e. The number of nitrogens with zero attached hydrogens (tertiary/aromatic N) is 3. The van der Waals surface area contributed by atoms with Gasteiger partial charge < -0.3 is 20.3 Å². The van der Waals surface area contributed by atoms with Crippen molar-refractivity contribution in [1.29, 1.82) is 0 Å². The molecular formula is C23H19F2N5O2. The summed E-state index contributed by atoms with van der Waals surface area (Å²) in [7, 11) is 1.71. The van der Waals surface area contributed by atoms with Crippen LogP contribution in [0.2, 0.25) is 0 Å². The Kier molecular flexibility index (Phi) is 5.80. The monoisotopic (exact) mass is 435 g/mol. The number of nitrogens with one attached hydrogen (secondary N) is 2. The molecule has 1 aromatic heterocycles. The van der Waals surface area contributed by atoms with Crippen LogP contribution in [-0.4, -0.2) is 29.5 Å². The third-order valence-corrected chi connectivity index (χ3v) is 4.65. The third kappa shape index (κ3) is 4.41. The minimum absolute atomic E-state index is 0.0965. The van der Waals surface area contributed by atoms with Gasteiger partial charge in [-0.1, -0.05) is 12.6 Å². The number of hydrogen-bond donors (Lipinski definition) is 2. The summed E-state index contributed by atoms with van der Waals surface area (Å²) >= 11 is 0. The fourth-order valence-corrected chi connectivity index (χ4v) is 3.19. The Morgan fingerprint density at radius 1 is 1.25 bits per heavy atom. The first-order chi connectivity index (χ1) is 15.5. The number of ether oxygens (including phenoxy) is 1. The van der Waals surface area contributed by atoms with E-state index in [1.54, 1.807) is 37.5 Å². The van der Waals surface area contributed by atoms with Crippen LogP contribution >= 0.6 is 0 Å². The molecule has 1 aliphatic rings. The number of hydrogen-bond acceptors (Lipinski definition) is 6. The molecule has 0 saturated carbocycles. The minimum atomic E-state index is -0.806. The van der Waals surface area contributed by atoms with E-state index in [2.05, 4.69) is 27.2 Å². The average Bonchev–Trinajstić information content (AvgIpc) is 2.80. The predicted octanol–water partition coefficient (Wildman–Crippen LogP) is 4.49. The van der Waals surface area contributed by atoms with Crippen molar-refractivity contribution in [3.8, 4) is 5.75 Å². The summed E-state index contributed by atoms with van der Waals surface area (Å²) in [4.78, 5) is 22.3. The molecule has 3 aromatic rings. The second-order valence-corrected chi connectivity index (χ2v) is 6.84. The lowest BCUT2D eigenvalue weighted by Crippen LogP contribution is -2.27. The summed E-state index contributed by atoms with van der Waals surface area (Å²) in [5, 5.41) is 5.63. The number of carbonyl (C=O) groups excluding carboxylic acids is 1. The van der Waals surface area contributed by atoms with Crippen LogP contribution in [-0.2, 0) is 4.79 Å². The van der Waals surface area contributed by atoms with Crippen molar-refractivity contribution in [1.82, 2.24) is 9.97 Å². The molecule has 0 fully saturated rings. The lowest BCUT2D eigenvalue weighted by atomic mass is 10.1. The molecule has 0 saturated heterocycles. The van der Waals surface area contributed by atoms with Crippen LogP contribution in [0.25, 0.3) is 6.08 Å². The summed E-state index contributed by atoms with van der Waals surface area (Å²) in [5.74, 6) is -0.498. The molecule has 2 aromatic carbocycles. The average molecular weight is 435 g/mol. The molecule has 0 atom stereocenters. The van der Waals surface area contributed by atoms with Gasteiger partial charge in [-0.15, -0.1) is 0 Å². The summed E-state index contributed by atoms with van der Waals surface area (Å²) in [6.07, 6.45) is 4.51. The van der Waals surface area contributed by atoms with E-state index >= 15 is 0 Å². The van der Waals surface area contributed by atoms with Gasteiger partial charge in [-0.3, -0.25) is 4.79 Å². The standard InChI is InChI=1S/C23H19F2N5O2/c1-3-21(31)28-16-5-4-6-17(11-16)30-13-18(32-20-8-7-15(24)10-19(20)25)9-14-12-27-23(26-2)29-22(14)30/h3-12H,1,13H2,2H3,(H,28,31)(H,26,27,29). The Balaban J connectivity index is 1.72. The van der Waals surface area contributed by atoms with E-state index in [0.717, 1.165) is 12.1 Å². The molecule has 9 heteroatoms. The predicted molar refractivity (Wildman–Crippen MR) is 119 cm³/mol. The van der Waals surface area contributed by atoms with Crippen LogP contribution in [0.15, 0.2) is 67.1 Å². The summed E-state index contributed by atoms with van der Waals surface area (Å²) in [5.41, 5.74) is 1.93. The van der Waals surface area contributed by atoms with Gasteiger partial charge >= 0.3 is 0 Å². The van der Waals surface area contributed by atoms with Crippen LogP contribution < -0.4 is 20.3 Å². The Bertz CT molecular complexity index is 1230. The molecule has 0 unspecified atom stereocenters. The fourth-order valence-electron chi connectivity index (χ4n) is 3.19. The second-order valence-electron chi connectivity index (χ2n) is 6.84. The Morgan fingerprint density at radius 3 is 2.84 bits per heavy atom. The lowest BCUT2D eigenvalue weighted by molar-refractivity contribution is -0.111. The quantitative estimate of drug-likeness (QED) is 0.556. The maximum absolute atomic E-state index is 14.1. The summed E-state index contributed by atoms with van der Waals surface area (Å²) in [6, 6.07) is 10.3. The zero-order valence-electron chi connectivity index (χ0n) is 17.1. The Labute approximate surface area is 183 Å². The molecule has 0 radical (unpaired) electrons. The van der Waals surface area contributed by atoms with E-state index in [4.69, 9.17) is 4.74 Å². The first-order valence-corrected chi connectivity index (χ1v) is 9.66. The minimum Gasteiger partial charge on any atom is -0.457 e. The van der Waals surface area contributed by atoms with E-state index in [0.29, 0.717) is 34.5 Å². The fraction of sp³-hybridized carbons (Fsp3) is 0.0870. The van der Waals surface area contributed by atoms with E-state index < -0.39 is 11.6 Å². The highest BCUT2D eigenvalue weighted by atomic mass is 19.1. The van der Waals surface area contributed by atoms with Crippen LogP contribution in [0.4, 0.5) is 31.9 Å². The SMILES string of the molecule is C=CC(=O)Nc1cccc(N2CC(Oc3ccc(F)cc3F)=Cc3cnc(NC)nc32)c1. The number of halogens is 2. The molecule has 0 bridgehead atoms. The highest BCUT2D eigenvalue weighted by Crippen LogP contribution is 2.35. The maximum atomic E-state index is 14.1.